The highest BCUT2D eigenvalue weighted by atomic mass is 16.2. The highest BCUT2D eigenvalue weighted by Crippen LogP contribution is 2.09. The average Bonchev–Trinajstić information content (AvgIpc) is 2.70. The zero-order chi connectivity index (χ0) is 14.2. The Morgan fingerprint density at radius 1 is 1.00 bits per heavy atom. The molecule has 2 rings (SSSR count). The van der Waals surface area contributed by atoms with E-state index in [1.807, 2.05) is 0 Å². The van der Waals surface area contributed by atoms with E-state index in [1.165, 1.54) is 38.8 Å². The van der Waals surface area contributed by atoms with Crippen LogP contribution in [0, 0.1) is 0 Å². The van der Waals surface area contributed by atoms with Gasteiger partial charge in [-0.3, -0.25) is 9.69 Å². The Labute approximate surface area is 122 Å². The minimum Gasteiger partial charge on any atom is -0.354 e. The van der Waals surface area contributed by atoms with Crippen LogP contribution in [-0.4, -0.2) is 67.6 Å². The summed E-state index contributed by atoms with van der Waals surface area (Å²) >= 11 is 0. The van der Waals surface area contributed by atoms with Crippen molar-refractivity contribution >= 4 is 5.91 Å². The fourth-order valence-corrected chi connectivity index (χ4v) is 3.08. The quantitative estimate of drug-likeness (QED) is 0.766. The van der Waals surface area contributed by atoms with Crippen LogP contribution in [0.3, 0.4) is 0 Å². The lowest BCUT2D eigenvalue weighted by molar-refractivity contribution is -0.122. The van der Waals surface area contributed by atoms with Gasteiger partial charge in [0.15, 0.2) is 0 Å². The highest BCUT2D eigenvalue weighted by Gasteiger charge is 2.18. The van der Waals surface area contributed by atoms with Crippen LogP contribution in [0.25, 0.3) is 0 Å². The second-order valence-corrected chi connectivity index (χ2v) is 6.22. The van der Waals surface area contributed by atoms with Crippen LogP contribution >= 0.6 is 0 Å². The molecule has 2 fully saturated rings. The third-order valence-corrected chi connectivity index (χ3v) is 4.45. The van der Waals surface area contributed by atoms with Gasteiger partial charge >= 0.3 is 0 Å². The molecule has 5 heteroatoms. The van der Waals surface area contributed by atoms with Crippen LogP contribution in [0.2, 0.25) is 0 Å². The average molecular weight is 282 g/mol. The molecule has 0 aromatic carbocycles. The molecule has 2 heterocycles. The molecule has 5 nitrogen and oxygen atoms in total. The molecule has 0 saturated carbocycles. The Morgan fingerprint density at radius 2 is 1.65 bits per heavy atom. The van der Waals surface area contributed by atoms with Crippen LogP contribution in [0.5, 0.6) is 0 Å². The molecule has 1 amide bonds. The van der Waals surface area contributed by atoms with Crippen molar-refractivity contribution in [2.75, 3.05) is 45.8 Å². The summed E-state index contributed by atoms with van der Waals surface area (Å²) in [4.78, 5) is 16.6. The first-order valence-corrected chi connectivity index (χ1v) is 8.21. The Hall–Kier alpha value is -0.650. The van der Waals surface area contributed by atoms with Gasteiger partial charge in [0.1, 0.15) is 0 Å². The minimum absolute atomic E-state index is 0.162. The van der Waals surface area contributed by atoms with Gasteiger partial charge < -0.3 is 16.0 Å². The first-order valence-electron chi connectivity index (χ1n) is 8.21. The molecule has 0 spiro atoms. The monoisotopic (exact) mass is 282 g/mol. The summed E-state index contributed by atoms with van der Waals surface area (Å²) in [5.74, 6) is 0.162. The topological polar surface area (TPSA) is 61.6 Å². The molecular formula is C15H30N4O. The first-order chi connectivity index (χ1) is 9.74. The van der Waals surface area contributed by atoms with E-state index in [9.17, 15) is 4.79 Å². The molecular weight excluding hydrogens is 252 g/mol. The van der Waals surface area contributed by atoms with Crippen LogP contribution in [0.4, 0.5) is 0 Å². The Kier molecular flexibility index (Phi) is 6.76. The summed E-state index contributed by atoms with van der Waals surface area (Å²) < 4.78 is 0. The molecule has 2 aliphatic rings. The summed E-state index contributed by atoms with van der Waals surface area (Å²) in [7, 11) is 0. The maximum Gasteiger partial charge on any atom is 0.234 e. The number of amides is 1. The number of piperidine rings is 1. The van der Waals surface area contributed by atoms with Crippen molar-refractivity contribution in [3.05, 3.63) is 0 Å². The van der Waals surface area contributed by atoms with E-state index >= 15 is 0 Å². The number of nitrogens with zero attached hydrogens (tertiary/aromatic N) is 2. The van der Waals surface area contributed by atoms with E-state index in [1.54, 1.807) is 0 Å². The molecule has 2 saturated heterocycles. The third-order valence-electron chi connectivity index (χ3n) is 4.45. The second-order valence-electron chi connectivity index (χ2n) is 6.22. The predicted molar refractivity (Wildman–Crippen MR) is 81.6 cm³/mol. The number of nitrogens with one attached hydrogen (secondary N) is 1. The molecule has 0 unspecified atom stereocenters. The van der Waals surface area contributed by atoms with Crippen molar-refractivity contribution in [2.45, 2.75) is 44.6 Å². The summed E-state index contributed by atoms with van der Waals surface area (Å²) in [6, 6.07) is 0.331. The molecule has 0 aliphatic carbocycles. The number of rotatable bonds is 5. The van der Waals surface area contributed by atoms with E-state index in [4.69, 9.17) is 5.73 Å². The van der Waals surface area contributed by atoms with Crippen molar-refractivity contribution in [1.29, 1.82) is 0 Å². The fraction of sp³-hybridized carbons (Fsp3) is 0.933. The molecule has 2 aliphatic heterocycles. The van der Waals surface area contributed by atoms with E-state index < -0.39 is 0 Å². The van der Waals surface area contributed by atoms with Gasteiger partial charge in [0, 0.05) is 32.2 Å². The van der Waals surface area contributed by atoms with Crippen molar-refractivity contribution in [3.8, 4) is 0 Å². The SMILES string of the molecule is NC1CCN(CC(=O)NCCN2CCCCCC2)CC1. The summed E-state index contributed by atoms with van der Waals surface area (Å²) in [6.45, 7) is 6.62. The Balaban J connectivity index is 1.55. The van der Waals surface area contributed by atoms with Crippen molar-refractivity contribution in [3.63, 3.8) is 0 Å². The number of nitrogens with two attached hydrogens (primary N) is 1. The van der Waals surface area contributed by atoms with Crippen LogP contribution in [-0.2, 0) is 4.79 Å². The normalized spacial score (nSPS) is 23.4. The molecule has 3 N–H and O–H groups in total. The van der Waals surface area contributed by atoms with Crippen LogP contribution < -0.4 is 11.1 Å². The van der Waals surface area contributed by atoms with Gasteiger partial charge in [-0.1, -0.05) is 12.8 Å². The van der Waals surface area contributed by atoms with Gasteiger partial charge in [-0.15, -0.1) is 0 Å². The molecule has 0 aromatic heterocycles. The summed E-state index contributed by atoms with van der Waals surface area (Å²) in [5, 5.41) is 3.06. The number of hydrogen-bond acceptors (Lipinski definition) is 4. The lowest BCUT2D eigenvalue weighted by atomic mass is 10.1. The van der Waals surface area contributed by atoms with E-state index in [0.29, 0.717) is 12.6 Å². The van der Waals surface area contributed by atoms with Gasteiger partial charge in [0.05, 0.1) is 6.54 Å². The summed E-state index contributed by atoms with van der Waals surface area (Å²) in [6.07, 6.45) is 7.37. The number of carbonyl (C=O) groups excluding carboxylic acids is 1. The maximum atomic E-state index is 11.9. The molecule has 0 radical (unpaired) electrons. The van der Waals surface area contributed by atoms with E-state index in [2.05, 4.69) is 15.1 Å². The van der Waals surface area contributed by atoms with E-state index in [-0.39, 0.29) is 5.91 Å². The fourth-order valence-electron chi connectivity index (χ4n) is 3.08. The molecule has 20 heavy (non-hydrogen) atoms. The zero-order valence-electron chi connectivity index (χ0n) is 12.6. The molecule has 116 valence electrons. The number of carbonyl (C=O) groups is 1. The minimum atomic E-state index is 0.162. The van der Waals surface area contributed by atoms with Crippen molar-refractivity contribution in [1.82, 2.24) is 15.1 Å². The Morgan fingerprint density at radius 3 is 2.30 bits per heavy atom. The second kappa shape index (κ2) is 8.60. The third kappa shape index (κ3) is 5.77. The van der Waals surface area contributed by atoms with Crippen LogP contribution in [0.15, 0.2) is 0 Å². The van der Waals surface area contributed by atoms with Gasteiger partial charge in [0.25, 0.3) is 0 Å². The smallest absolute Gasteiger partial charge is 0.234 e. The zero-order valence-corrected chi connectivity index (χ0v) is 12.6. The largest absolute Gasteiger partial charge is 0.354 e. The lowest BCUT2D eigenvalue weighted by Gasteiger charge is -2.29. The van der Waals surface area contributed by atoms with Crippen molar-refractivity contribution < 1.29 is 4.79 Å². The number of likely N-dealkylation sites (tertiary alicyclic amines) is 2. The van der Waals surface area contributed by atoms with Gasteiger partial charge in [0.2, 0.25) is 5.91 Å². The Bertz CT molecular complexity index is 282. The summed E-state index contributed by atoms with van der Waals surface area (Å²) in [5.41, 5.74) is 5.87. The lowest BCUT2D eigenvalue weighted by Crippen LogP contribution is -2.45. The van der Waals surface area contributed by atoms with Gasteiger partial charge in [-0.05, 0) is 38.8 Å². The maximum absolute atomic E-state index is 11.9. The van der Waals surface area contributed by atoms with E-state index in [0.717, 1.165) is 39.0 Å². The molecule has 0 bridgehead atoms. The standard InChI is InChI=1S/C15H30N4O/c16-14-5-10-19(11-6-14)13-15(20)17-7-12-18-8-3-1-2-4-9-18/h14H,1-13,16H2,(H,17,20). The van der Waals surface area contributed by atoms with Gasteiger partial charge in [-0.25, -0.2) is 0 Å². The first kappa shape index (κ1) is 15.7. The highest BCUT2D eigenvalue weighted by molar-refractivity contribution is 5.78. The number of hydrogen-bond donors (Lipinski definition) is 2. The van der Waals surface area contributed by atoms with Gasteiger partial charge in [-0.2, -0.15) is 0 Å². The van der Waals surface area contributed by atoms with Crippen molar-refractivity contribution in [2.24, 2.45) is 5.73 Å². The molecule has 0 aromatic rings. The molecule has 0 atom stereocenters. The predicted octanol–water partition coefficient (Wildman–Crippen LogP) is 0.402. The van der Waals surface area contributed by atoms with Crippen LogP contribution in [0.1, 0.15) is 38.5 Å².